The molecule has 6 rings (SSSR count). The Morgan fingerprint density at radius 3 is 2.54 bits per heavy atom. The van der Waals surface area contributed by atoms with E-state index in [1.54, 1.807) is 54.4 Å². The van der Waals surface area contributed by atoms with Crippen LogP contribution in [0, 0.1) is 0 Å². The third kappa shape index (κ3) is 4.34. The molecular formula is C27H25N7O4S. The number of hydrogen-bond donors (Lipinski definition) is 2. The van der Waals surface area contributed by atoms with Gasteiger partial charge in [-0.05, 0) is 42.3 Å². The summed E-state index contributed by atoms with van der Waals surface area (Å²) in [4.78, 5) is 8.42. The van der Waals surface area contributed by atoms with Crippen molar-refractivity contribution in [2.45, 2.75) is 17.4 Å². The molecule has 0 aliphatic carbocycles. The predicted molar refractivity (Wildman–Crippen MR) is 147 cm³/mol. The number of aromatic nitrogens is 4. The second-order valence-electron chi connectivity index (χ2n) is 9.04. The molecule has 198 valence electrons. The number of hydrogen-bond acceptors (Lipinski definition) is 9. The number of fused-ring (bicyclic) bond motifs is 2. The number of para-hydroxylation sites is 3. The summed E-state index contributed by atoms with van der Waals surface area (Å²) in [6, 6.07) is 20.6. The lowest BCUT2D eigenvalue weighted by Gasteiger charge is -2.35. The number of methoxy groups -OCH3 is 1. The number of nitrogens with two attached hydrogens (primary N) is 2. The molecule has 1 unspecified atom stereocenters. The van der Waals surface area contributed by atoms with Crippen LogP contribution in [-0.4, -0.2) is 41.8 Å². The fourth-order valence-corrected chi connectivity index (χ4v) is 6.39. The summed E-state index contributed by atoms with van der Waals surface area (Å²) >= 11 is 0. The number of nitrogen functional groups attached to an aromatic ring is 2. The van der Waals surface area contributed by atoms with Crippen molar-refractivity contribution in [1.82, 2.24) is 19.7 Å². The Bertz CT molecular complexity index is 1810. The number of nitrogens with zero attached hydrogens (tertiary/aromatic N) is 5. The summed E-state index contributed by atoms with van der Waals surface area (Å²) in [5, 5.41) is 5.04. The lowest BCUT2D eigenvalue weighted by atomic mass is 10.00. The molecule has 1 atom stereocenters. The van der Waals surface area contributed by atoms with E-state index < -0.39 is 10.0 Å². The molecule has 1 aliphatic heterocycles. The molecule has 0 saturated heterocycles. The number of benzene rings is 3. The van der Waals surface area contributed by atoms with Gasteiger partial charge in [-0.25, -0.2) is 13.1 Å². The topological polar surface area (TPSA) is 151 Å². The van der Waals surface area contributed by atoms with E-state index in [1.807, 2.05) is 30.3 Å². The van der Waals surface area contributed by atoms with Crippen molar-refractivity contribution in [2.24, 2.45) is 0 Å². The molecule has 4 N–H and O–H groups in total. The number of anilines is 3. The number of rotatable bonds is 6. The van der Waals surface area contributed by atoms with Gasteiger partial charge in [0.15, 0.2) is 17.1 Å². The first-order valence-electron chi connectivity index (χ1n) is 12.1. The molecule has 0 fully saturated rings. The van der Waals surface area contributed by atoms with Gasteiger partial charge in [0.1, 0.15) is 11.6 Å². The molecule has 0 amide bonds. The zero-order valence-electron chi connectivity index (χ0n) is 20.9. The van der Waals surface area contributed by atoms with E-state index in [4.69, 9.17) is 20.9 Å². The molecule has 5 aromatic rings. The van der Waals surface area contributed by atoms with Gasteiger partial charge in [-0.1, -0.05) is 36.4 Å². The standard InChI is InChI=1S/C27H25N7O4S/c1-37-23-11-4-5-12-24(23)38-19-8-6-9-20(14-19)39(35,36)33-16-18(13-17-7-2-3-10-22(17)33)34-26-21(15-30-34)25(28)31-27(29)32-26/h2-12,14-15,18H,13,16H2,1H3,(H4,28,29,31,32). The Kier molecular flexibility index (Phi) is 5.95. The highest BCUT2D eigenvalue weighted by Crippen LogP contribution is 2.38. The molecule has 0 radical (unpaired) electrons. The average molecular weight is 544 g/mol. The zero-order chi connectivity index (χ0) is 27.1. The molecule has 0 bridgehead atoms. The predicted octanol–water partition coefficient (Wildman–Crippen LogP) is 3.78. The Morgan fingerprint density at radius 2 is 1.72 bits per heavy atom. The zero-order valence-corrected chi connectivity index (χ0v) is 21.7. The van der Waals surface area contributed by atoms with Gasteiger partial charge in [0.05, 0.1) is 41.9 Å². The molecule has 3 aromatic carbocycles. The third-order valence-electron chi connectivity index (χ3n) is 6.63. The van der Waals surface area contributed by atoms with Gasteiger partial charge in [-0.3, -0.25) is 4.31 Å². The summed E-state index contributed by atoms with van der Waals surface area (Å²) in [6.07, 6.45) is 2.11. The van der Waals surface area contributed by atoms with E-state index in [0.717, 1.165) is 5.56 Å². The van der Waals surface area contributed by atoms with E-state index in [2.05, 4.69) is 15.1 Å². The van der Waals surface area contributed by atoms with Gasteiger partial charge < -0.3 is 20.9 Å². The highest BCUT2D eigenvalue weighted by Gasteiger charge is 2.35. The highest BCUT2D eigenvalue weighted by molar-refractivity contribution is 7.92. The van der Waals surface area contributed by atoms with Crippen LogP contribution in [0.3, 0.4) is 0 Å². The van der Waals surface area contributed by atoms with E-state index in [1.165, 1.54) is 10.4 Å². The fraction of sp³-hybridized carbons (Fsp3) is 0.148. The van der Waals surface area contributed by atoms with Crippen LogP contribution in [0.25, 0.3) is 11.0 Å². The minimum atomic E-state index is -4.00. The average Bonchev–Trinajstić information content (AvgIpc) is 3.37. The maximum absolute atomic E-state index is 14.1. The minimum absolute atomic E-state index is 0.0225. The first kappa shape index (κ1) is 24.5. The van der Waals surface area contributed by atoms with Crippen LogP contribution in [0.2, 0.25) is 0 Å². The second-order valence-corrected chi connectivity index (χ2v) is 10.9. The molecular weight excluding hydrogens is 518 g/mol. The minimum Gasteiger partial charge on any atom is -0.493 e. The SMILES string of the molecule is COc1ccccc1Oc1cccc(S(=O)(=O)N2CC(n3ncc4c(N)nc(N)nc43)Cc3ccccc32)c1. The summed E-state index contributed by atoms with van der Waals surface area (Å²) in [5.41, 5.74) is 13.8. The molecule has 11 nitrogen and oxygen atoms in total. The lowest BCUT2D eigenvalue weighted by molar-refractivity contribution is 0.378. The van der Waals surface area contributed by atoms with Crippen LogP contribution in [0.15, 0.2) is 83.9 Å². The van der Waals surface area contributed by atoms with Gasteiger partial charge in [0.25, 0.3) is 10.0 Å². The van der Waals surface area contributed by atoms with Gasteiger partial charge in [0, 0.05) is 6.07 Å². The third-order valence-corrected chi connectivity index (χ3v) is 8.40. The summed E-state index contributed by atoms with van der Waals surface area (Å²) in [5.74, 6) is 1.62. The van der Waals surface area contributed by atoms with Gasteiger partial charge in [0.2, 0.25) is 5.95 Å². The van der Waals surface area contributed by atoms with Crippen molar-refractivity contribution < 1.29 is 17.9 Å². The van der Waals surface area contributed by atoms with Crippen molar-refractivity contribution in [3.8, 4) is 17.2 Å². The molecule has 0 spiro atoms. The molecule has 12 heteroatoms. The van der Waals surface area contributed by atoms with Gasteiger partial charge in [-0.15, -0.1) is 0 Å². The fourth-order valence-electron chi connectivity index (χ4n) is 4.81. The molecule has 2 aromatic heterocycles. The summed E-state index contributed by atoms with van der Waals surface area (Å²) in [6.45, 7) is 0.123. The Morgan fingerprint density at radius 1 is 0.949 bits per heavy atom. The Balaban J connectivity index is 1.39. The lowest BCUT2D eigenvalue weighted by Crippen LogP contribution is -2.41. The van der Waals surface area contributed by atoms with Crippen LogP contribution in [0.5, 0.6) is 17.2 Å². The van der Waals surface area contributed by atoms with Crippen molar-refractivity contribution in [1.29, 1.82) is 0 Å². The van der Waals surface area contributed by atoms with Crippen molar-refractivity contribution in [2.75, 3.05) is 29.4 Å². The highest BCUT2D eigenvalue weighted by atomic mass is 32.2. The van der Waals surface area contributed by atoms with Gasteiger partial charge in [-0.2, -0.15) is 15.1 Å². The molecule has 39 heavy (non-hydrogen) atoms. The molecule has 3 heterocycles. The maximum Gasteiger partial charge on any atom is 0.264 e. The second kappa shape index (κ2) is 9.48. The first-order valence-corrected chi connectivity index (χ1v) is 13.6. The van der Waals surface area contributed by atoms with E-state index in [9.17, 15) is 8.42 Å². The summed E-state index contributed by atoms with van der Waals surface area (Å²) < 4.78 is 42.6. The Labute approximate surface area is 224 Å². The number of ether oxygens (including phenoxy) is 2. The normalized spacial score (nSPS) is 15.2. The molecule has 0 saturated carbocycles. The van der Waals surface area contributed by atoms with Crippen molar-refractivity contribution in [3.63, 3.8) is 0 Å². The van der Waals surface area contributed by atoms with Crippen LogP contribution < -0.4 is 25.2 Å². The van der Waals surface area contributed by atoms with Crippen molar-refractivity contribution in [3.05, 3.63) is 84.6 Å². The summed E-state index contributed by atoms with van der Waals surface area (Å²) in [7, 11) is -2.45. The van der Waals surface area contributed by atoms with Crippen LogP contribution >= 0.6 is 0 Å². The van der Waals surface area contributed by atoms with Crippen LogP contribution in [0.1, 0.15) is 11.6 Å². The quantitative estimate of drug-likeness (QED) is 0.326. The molecule has 1 aliphatic rings. The van der Waals surface area contributed by atoms with Crippen LogP contribution in [0.4, 0.5) is 17.5 Å². The Hall–Kier alpha value is -4.84. The van der Waals surface area contributed by atoms with Crippen molar-refractivity contribution >= 4 is 38.5 Å². The smallest absolute Gasteiger partial charge is 0.264 e. The van der Waals surface area contributed by atoms with E-state index in [0.29, 0.717) is 40.4 Å². The number of sulfonamides is 1. The monoisotopic (exact) mass is 543 g/mol. The largest absolute Gasteiger partial charge is 0.493 e. The first-order chi connectivity index (χ1) is 18.8. The van der Waals surface area contributed by atoms with Crippen LogP contribution in [-0.2, 0) is 16.4 Å². The van der Waals surface area contributed by atoms with E-state index >= 15 is 0 Å². The van der Waals surface area contributed by atoms with Gasteiger partial charge >= 0.3 is 0 Å². The van der Waals surface area contributed by atoms with E-state index in [-0.39, 0.29) is 29.2 Å². The maximum atomic E-state index is 14.1.